The lowest BCUT2D eigenvalue weighted by Gasteiger charge is -2.40. The number of aliphatic hydroxyl groups excluding tert-OH is 1. The summed E-state index contributed by atoms with van der Waals surface area (Å²) in [4.78, 5) is 0. The third-order valence-corrected chi connectivity index (χ3v) is 8.71. The molecule has 0 spiro atoms. The second-order valence-corrected chi connectivity index (χ2v) is 11.4. The van der Waals surface area contributed by atoms with Crippen LogP contribution in [0.15, 0.2) is 0 Å². The van der Waals surface area contributed by atoms with E-state index in [0.29, 0.717) is 0 Å². The summed E-state index contributed by atoms with van der Waals surface area (Å²) >= 11 is 0. The number of rotatable bonds is 4. The first-order chi connectivity index (χ1) is 8.14. The van der Waals surface area contributed by atoms with Crippen LogP contribution >= 0.6 is 0 Å². The largest absolute Gasteiger partial charge is 0.409 e. The Morgan fingerprint density at radius 1 is 1.28 bits per heavy atom. The van der Waals surface area contributed by atoms with E-state index >= 15 is 0 Å². The molecule has 0 aromatic heterocycles. The number of methoxy groups -OCH3 is 1. The van der Waals surface area contributed by atoms with Crippen LogP contribution in [0.3, 0.4) is 0 Å². The normalized spacial score (nSPS) is 33.9. The Morgan fingerprint density at radius 3 is 2.22 bits per heavy atom. The number of aliphatic hydroxyl groups is 1. The van der Waals surface area contributed by atoms with Gasteiger partial charge in [-0.1, -0.05) is 20.8 Å². The van der Waals surface area contributed by atoms with Crippen molar-refractivity contribution in [1.29, 1.82) is 0 Å². The van der Waals surface area contributed by atoms with E-state index in [1.54, 1.807) is 7.11 Å². The minimum Gasteiger partial charge on any atom is -0.409 e. The lowest BCUT2D eigenvalue weighted by atomic mass is 9.93. The molecule has 1 rings (SSSR count). The summed E-state index contributed by atoms with van der Waals surface area (Å²) in [5.74, 6) is 0. The first kappa shape index (κ1) is 16.2. The summed E-state index contributed by atoms with van der Waals surface area (Å²) in [5, 5.41) is 9.47. The van der Waals surface area contributed by atoms with Crippen molar-refractivity contribution in [1.82, 2.24) is 0 Å². The molecule has 1 saturated heterocycles. The van der Waals surface area contributed by atoms with Crippen molar-refractivity contribution in [2.75, 3.05) is 13.7 Å². The Labute approximate surface area is 113 Å². The average Bonchev–Trinajstić information content (AvgIpc) is 2.53. The Kier molecular flexibility index (Phi) is 5.06. The van der Waals surface area contributed by atoms with Crippen LogP contribution in [0.2, 0.25) is 18.1 Å². The van der Waals surface area contributed by atoms with Crippen molar-refractivity contribution < 1.29 is 19.0 Å². The van der Waals surface area contributed by atoms with Gasteiger partial charge in [0.2, 0.25) is 0 Å². The fourth-order valence-electron chi connectivity index (χ4n) is 2.02. The summed E-state index contributed by atoms with van der Waals surface area (Å²) in [6.07, 6.45) is -0.549. The molecule has 0 bridgehead atoms. The van der Waals surface area contributed by atoms with E-state index in [1.165, 1.54) is 0 Å². The summed E-state index contributed by atoms with van der Waals surface area (Å²) in [5.41, 5.74) is 0. The van der Waals surface area contributed by atoms with Gasteiger partial charge in [-0.15, -0.1) is 0 Å². The van der Waals surface area contributed by atoms with Crippen LogP contribution in [0.25, 0.3) is 0 Å². The highest BCUT2D eigenvalue weighted by molar-refractivity contribution is 6.74. The monoisotopic (exact) mass is 274 g/mol. The first-order valence-electron chi connectivity index (χ1n) is 6.61. The quantitative estimate of drug-likeness (QED) is 0.768. The molecule has 6 heteroatoms. The van der Waals surface area contributed by atoms with Gasteiger partial charge >= 0.3 is 0 Å². The van der Waals surface area contributed by atoms with Crippen LogP contribution < -0.4 is 0 Å². The van der Waals surface area contributed by atoms with E-state index in [0.717, 1.165) is 0 Å². The molecule has 0 radical (unpaired) electrons. The molecule has 0 aromatic carbocycles. The van der Waals surface area contributed by atoms with Gasteiger partial charge in [-0.3, -0.25) is 0 Å². The molecule has 1 aliphatic rings. The molecular formula is C12H27BO4Si. The van der Waals surface area contributed by atoms with Crippen LogP contribution in [0, 0.1) is 0 Å². The summed E-state index contributed by atoms with van der Waals surface area (Å²) in [6, 6.07) is -0.0405. The first-order valence-corrected chi connectivity index (χ1v) is 9.52. The van der Waals surface area contributed by atoms with Crippen LogP contribution in [0.1, 0.15) is 20.8 Å². The van der Waals surface area contributed by atoms with Crippen molar-refractivity contribution in [3.05, 3.63) is 0 Å². The van der Waals surface area contributed by atoms with E-state index < -0.39 is 8.32 Å². The van der Waals surface area contributed by atoms with E-state index in [2.05, 4.69) is 33.9 Å². The lowest BCUT2D eigenvalue weighted by molar-refractivity contribution is -0.0301. The molecule has 106 valence electrons. The van der Waals surface area contributed by atoms with Gasteiger partial charge in [-0.05, 0) is 18.1 Å². The molecule has 1 heterocycles. The molecular weight excluding hydrogens is 247 g/mol. The van der Waals surface area contributed by atoms with Crippen molar-refractivity contribution in [3.8, 4) is 0 Å². The molecule has 4 atom stereocenters. The second kappa shape index (κ2) is 5.63. The Bertz CT molecular complexity index is 280. The Hall–Kier alpha value is 0.122. The van der Waals surface area contributed by atoms with Crippen LogP contribution in [-0.4, -0.2) is 59.3 Å². The van der Waals surface area contributed by atoms with Gasteiger partial charge in [0.1, 0.15) is 20.1 Å². The van der Waals surface area contributed by atoms with Crippen LogP contribution in [-0.2, 0) is 13.9 Å². The highest BCUT2D eigenvalue weighted by Gasteiger charge is 2.48. The smallest absolute Gasteiger partial charge is 0.192 e. The summed E-state index contributed by atoms with van der Waals surface area (Å²) < 4.78 is 17.6. The summed E-state index contributed by atoms with van der Waals surface area (Å²) in [7, 11) is 1.78. The van der Waals surface area contributed by atoms with Gasteiger partial charge in [0.15, 0.2) is 8.32 Å². The van der Waals surface area contributed by atoms with Gasteiger partial charge < -0.3 is 19.0 Å². The highest BCUT2D eigenvalue weighted by Crippen LogP contribution is 2.39. The molecule has 0 saturated carbocycles. The van der Waals surface area contributed by atoms with Crippen LogP contribution in [0.5, 0.6) is 0 Å². The van der Waals surface area contributed by atoms with E-state index in [9.17, 15) is 5.11 Å². The zero-order chi connectivity index (χ0) is 14.1. The van der Waals surface area contributed by atoms with Crippen molar-refractivity contribution in [2.24, 2.45) is 0 Å². The molecule has 0 amide bonds. The third kappa shape index (κ3) is 3.17. The second-order valence-electron chi connectivity index (χ2n) is 6.61. The van der Waals surface area contributed by atoms with Crippen molar-refractivity contribution >= 4 is 16.2 Å². The topological polar surface area (TPSA) is 47.9 Å². The maximum atomic E-state index is 9.31. The van der Waals surface area contributed by atoms with E-state index in [1.807, 2.05) is 7.85 Å². The standard InChI is InChI=1S/C12H27BO4Si/c1-12(2,3)18(5,6)17-10-9(15-4)8(7-14)16-11(10)13/h8-11,14H,7,13H2,1-6H3/t8-,9+,10?,11-/m1/s1. The van der Waals surface area contributed by atoms with Crippen molar-refractivity contribution in [3.63, 3.8) is 0 Å². The zero-order valence-corrected chi connectivity index (χ0v) is 13.7. The van der Waals surface area contributed by atoms with E-state index in [4.69, 9.17) is 13.9 Å². The predicted octanol–water partition coefficient (Wildman–Crippen LogP) is 0.742. The Morgan fingerprint density at radius 2 is 1.83 bits per heavy atom. The molecule has 18 heavy (non-hydrogen) atoms. The van der Waals surface area contributed by atoms with Crippen LogP contribution in [0.4, 0.5) is 0 Å². The van der Waals surface area contributed by atoms with Gasteiger partial charge in [0, 0.05) is 7.11 Å². The number of hydrogen-bond acceptors (Lipinski definition) is 4. The molecule has 0 aliphatic carbocycles. The van der Waals surface area contributed by atoms with Gasteiger partial charge in [0.05, 0.1) is 18.7 Å². The number of hydrogen-bond donors (Lipinski definition) is 1. The minimum absolute atomic E-state index is 0.0276. The zero-order valence-electron chi connectivity index (χ0n) is 12.7. The molecule has 0 aromatic rings. The molecule has 1 aliphatic heterocycles. The SMILES string of the molecule is B[C@@H]1O[C@H](CO)[C@H](OC)C1O[Si](C)(C)C(C)(C)C. The average molecular weight is 274 g/mol. The van der Waals surface area contributed by atoms with Crippen molar-refractivity contribution in [2.45, 2.75) is 63.2 Å². The molecule has 1 N–H and O–H groups in total. The maximum Gasteiger partial charge on any atom is 0.192 e. The van der Waals surface area contributed by atoms with Gasteiger partial charge in [-0.25, -0.2) is 0 Å². The number of ether oxygens (including phenoxy) is 2. The third-order valence-electron chi connectivity index (χ3n) is 4.23. The lowest BCUT2D eigenvalue weighted by Crippen LogP contribution is -2.50. The minimum atomic E-state index is -1.85. The predicted molar refractivity (Wildman–Crippen MR) is 77.2 cm³/mol. The fourth-order valence-corrected chi connectivity index (χ4v) is 3.38. The maximum absolute atomic E-state index is 9.31. The fraction of sp³-hybridized carbons (Fsp3) is 1.00. The van der Waals surface area contributed by atoms with Gasteiger partial charge in [0.25, 0.3) is 0 Å². The van der Waals surface area contributed by atoms with Gasteiger partial charge in [-0.2, -0.15) is 0 Å². The highest BCUT2D eigenvalue weighted by atomic mass is 28.4. The Balaban J connectivity index is 2.82. The molecule has 4 nitrogen and oxygen atoms in total. The molecule has 1 fully saturated rings. The summed E-state index contributed by atoms with van der Waals surface area (Å²) in [6.45, 7) is 11.1. The van der Waals surface area contributed by atoms with E-state index in [-0.39, 0.29) is 36.0 Å². The molecule has 1 unspecified atom stereocenters.